The van der Waals surface area contributed by atoms with Gasteiger partial charge in [-0.15, -0.1) is 0 Å². The minimum atomic E-state index is -0.535. The van der Waals surface area contributed by atoms with E-state index in [0.29, 0.717) is 19.4 Å². The number of halogens is 1. The Morgan fingerprint density at radius 2 is 1.71 bits per heavy atom. The first-order valence-corrected chi connectivity index (χ1v) is 12.2. The maximum atomic E-state index is 14.7. The zero-order valence-electron chi connectivity index (χ0n) is 20.8. The maximum Gasteiger partial charge on any atom is 0.257 e. The molecule has 182 valence electrons. The van der Waals surface area contributed by atoms with E-state index in [0.717, 1.165) is 22.4 Å². The van der Waals surface area contributed by atoms with Crippen LogP contribution in [0.25, 0.3) is 0 Å². The van der Waals surface area contributed by atoms with E-state index in [-0.39, 0.29) is 22.8 Å². The molecule has 0 bridgehead atoms. The number of piperidine rings is 1. The molecule has 2 amide bonds. The molecule has 1 aliphatic heterocycles. The summed E-state index contributed by atoms with van der Waals surface area (Å²) >= 11 is 0. The molecule has 3 aromatic rings. The lowest BCUT2D eigenvalue weighted by Gasteiger charge is -2.41. The number of rotatable bonds is 4. The second-order valence-electron chi connectivity index (χ2n) is 10.4. The van der Waals surface area contributed by atoms with Crippen molar-refractivity contribution in [3.05, 3.63) is 101 Å². The molecule has 1 saturated heterocycles. The summed E-state index contributed by atoms with van der Waals surface area (Å²) in [5.41, 5.74) is 3.49. The zero-order valence-corrected chi connectivity index (χ0v) is 20.8. The van der Waals surface area contributed by atoms with Crippen molar-refractivity contribution in [2.45, 2.75) is 52.0 Å². The maximum absolute atomic E-state index is 14.7. The number of benzene rings is 3. The summed E-state index contributed by atoms with van der Waals surface area (Å²) in [5, 5.41) is 3.09. The Morgan fingerprint density at radius 1 is 0.971 bits per heavy atom. The van der Waals surface area contributed by atoms with Gasteiger partial charge in [-0.2, -0.15) is 0 Å². The Hall–Kier alpha value is -3.47. The third-order valence-corrected chi connectivity index (χ3v) is 6.72. The molecule has 0 radical (unpaired) electrons. The van der Waals surface area contributed by atoms with Crippen LogP contribution >= 0.6 is 0 Å². The van der Waals surface area contributed by atoms with Crippen LogP contribution in [-0.2, 0) is 10.2 Å². The molecular weight excluding hydrogens is 439 g/mol. The molecule has 4 nitrogen and oxygen atoms in total. The SMILES string of the molecule is Cc1ccc(C(=O)N2CCC[C@H](C(=O)Nc3cccc(C(C)(C)C)c3)[C@@H]2c2ccccc2)c(F)c1. The van der Waals surface area contributed by atoms with Crippen molar-refractivity contribution >= 4 is 17.5 Å². The van der Waals surface area contributed by atoms with Crippen LogP contribution in [0.4, 0.5) is 10.1 Å². The van der Waals surface area contributed by atoms with Crippen LogP contribution in [0.2, 0.25) is 0 Å². The largest absolute Gasteiger partial charge is 0.331 e. The highest BCUT2D eigenvalue weighted by Crippen LogP contribution is 2.38. The number of carbonyl (C=O) groups is 2. The molecule has 1 N–H and O–H groups in total. The third kappa shape index (κ3) is 5.45. The van der Waals surface area contributed by atoms with E-state index in [2.05, 4.69) is 32.2 Å². The molecule has 5 heteroatoms. The molecule has 4 rings (SSSR count). The number of nitrogens with zero attached hydrogens (tertiary/aromatic N) is 1. The van der Waals surface area contributed by atoms with Crippen molar-refractivity contribution in [2.24, 2.45) is 5.92 Å². The number of hydrogen-bond donors (Lipinski definition) is 1. The normalized spacial score (nSPS) is 18.3. The highest BCUT2D eigenvalue weighted by Gasteiger charge is 2.40. The molecule has 0 spiro atoms. The van der Waals surface area contributed by atoms with Crippen molar-refractivity contribution in [2.75, 3.05) is 11.9 Å². The topological polar surface area (TPSA) is 49.4 Å². The monoisotopic (exact) mass is 472 g/mol. The Kier molecular flexibility index (Phi) is 7.06. The Balaban J connectivity index is 1.67. The van der Waals surface area contributed by atoms with Gasteiger partial charge in [0.1, 0.15) is 5.82 Å². The molecule has 1 fully saturated rings. The van der Waals surface area contributed by atoms with E-state index in [1.54, 1.807) is 17.9 Å². The molecule has 0 aliphatic carbocycles. The van der Waals surface area contributed by atoms with Crippen molar-refractivity contribution in [3.8, 4) is 0 Å². The van der Waals surface area contributed by atoms with Gasteiger partial charge in [-0.05, 0) is 66.1 Å². The summed E-state index contributed by atoms with van der Waals surface area (Å²) in [6.45, 7) is 8.66. The van der Waals surface area contributed by atoms with Gasteiger partial charge >= 0.3 is 0 Å². The van der Waals surface area contributed by atoms with Gasteiger partial charge in [0, 0.05) is 12.2 Å². The molecule has 1 aliphatic rings. The van der Waals surface area contributed by atoms with E-state index in [1.165, 1.54) is 12.1 Å². The Labute approximate surface area is 207 Å². The van der Waals surface area contributed by atoms with Gasteiger partial charge in [-0.1, -0.05) is 69.3 Å². The van der Waals surface area contributed by atoms with E-state index >= 15 is 0 Å². The van der Waals surface area contributed by atoms with Crippen LogP contribution in [0.15, 0.2) is 72.8 Å². The number of nitrogens with one attached hydrogen (secondary N) is 1. The number of likely N-dealkylation sites (tertiary alicyclic amines) is 1. The molecule has 3 aromatic carbocycles. The first-order valence-electron chi connectivity index (χ1n) is 12.2. The summed E-state index contributed by atoms with van der Waals surface area (Å²) < 4.78 is 14.7. The van der Waals surface area contributed by atoms with Crippen LogP contribution in [-0.4, -0.2) is 23.3 Å². The lowest BCUT2D eigenvalue weighted by molar-refractivity contribution is -0.123. The highest BCUT2D eigenvalue weighted by molar-refractivity contribution is 5.97. The Bertz CT molecular complexity index is 1220. The third-order valence-electron chi connectivity index (χ3n) is 6.72. The fourth-order valence-electron chi connectivity index (χ4n) is 4.81. The summed E-state index contributed by atoms with van der Waals surface area (Å²) in [6, 6.07) is 21.6. The summed E-state index contributed by atoms with van der Waals surface area (Å²) in [4.78, 5) is 28.8. The van der Waals surface area contributed by atoms with Crippen molar-refractivity contribution in [1.29, 1.82) is 0 Å². The summed E-state index contributed by atoms with van der Waals surface area (Å²) in [5.74, 6) is -1.51. The van der Waals surface area contributed by atoms with Crippen LogP contribution in [0, 0.1) is 18.7 Å². The lowest BCUT2D eigenvalue weighted by Crippen LogP contribution is -2.46. The molecule has 1 heterocycles. The highest BCUT2D eigenvalue weighted by atomic mass is 19.1. The molecule has 0 unspecified atom stereocenters. The van der Waals surface area contributed by atoms with Gasteiger partial charge in [0.25, 0.3) is 5.91 Å². The quantitative estimate of drug-likeness (QED) is 0.461. The summed E-state index contributed by atoms with van der Waals surface area (Å²) in [7, 11) is 0. The minimum absolute atomic E-state index is 0.0375. The van der Waals surface area contributed by atoms with Crippen LogP contribution in [0.3, 0.4) is 0 Å². The Morgan fingerprint density at radius 3 is 2.40 bits per heavy atom. The van der Waals surface area contributed by atoms with Gasteiger partial charge in [0.05, 0.1) is 17.5 Å². The fraction of sp³-hybridized carbons (Fsp3) is 0.333. The minimum Gasteiger partial charge on any atom is -0.331 e. The predicted octanol–water partition coefficient (Wildman–Crippen LogP) is 6.66. The standard InChI is InChI=1S/C30H33FN2O2/c1-20-15-16-24(26(31)18-20)29(35)33-17-9-14-25(27(33)21-10-6-5-7-11-21)28(34)32-23-13-8-12-22(19-23)30(2,3)4/h5-8,10-13,15-16,18-19,25,27H,9,14,17H2,1-4H3,(H,32,34)/t25-,27-/m0/s1. The molecule has 2 atom stereocenters. The molecular formula is C30H33FN2O2. The number of aryl methyl sites for hydroxylation is 1. The number of anilines is 1. The van der Waals surface area contributed by atoms with Crippen LogP contribution in [0.1, 0.15) is 66.7 Å². The van der Waals surface area contributed by atoms with Gasteiger partial charge in [-0.25, -0.2) is 4.39 Å². The van der Waals surface area contributed by atoms with Gasteiger partial charge in [0.15, 0.2) is 0 Å². The smallest absolute Gasteiger partial charge is 0.257 e. The van der Waals surface area contributed by atoms with Crippen LogP contribution < -0.4 is 5.32 Å². The molecule has 35 heavy (non-hydrogen) atoms. The number of amides is 2. The van der Waals surface area contributed by atoms with E-state index in [4.69, 9.17) is 0 Å². The van der Waals surface area contributed by atoms with Crippen molar-refractivity contribution < 1.29 is 14.0 Å². The zero-order chi connectivity index (χ0) is 25.2. The average Bonchev–Trinajstić information content (AvgIpc) is 2.83. The fourth-order valence-corrected chi connectivity index (χ4v) is 4.81. The second-order valence-corrected chi connectivity index (χ2v) is 10.4. The second kappa shape index (κ2) is 10.0. The lowest BCUT2D eigenvalue weighted by atomic mass is 9.83. The number of carbonyl (C=O) groups excluding carboxylic acids is 2. The van der Waals surface area contributed by atoms with Gasteiger partial charge < -0.3 is 10.2 Å². The van der Waals surface area contributed by atoms with E-state index < -0.39 is 17.8 Å². The number of hydrogen-bond acceptors (Lipinski definition) is 2. The predicted molar refractivity (Wildman–Crippen MR) is 138 cm³/mol. The van der Waals surface area contributed by atoms with Crippen LogP contribution in [0.5, 0.6) is 0 Å². The average molecular weight is 473 g/mol. The molecule has 0 saturated carbocycles. The van der Waals surface area contributed by atoms with Crippen molar-refractivity contribution in [1.82, 2.24) is 4.90 Å². The van der Waals surface area contributed by atoms with Gasteiger partial charge in [0.2, 0.25) is 5.91 Å². The summed E-state index contributed by atoms with van der Waals surface area (Å²) in [6.07, 6.45) is 1.31. The molecule has 0 aromatic heterocycles. The van der Waals surface area contributed by atoms with E-state index in [1.807, 2.05) is 48.5 Å². The van der Waals surface area contributed by atoms with Gasteiger partial charge in [-0.3, -0.25) is 9.59 Å². The first kappa shape index (κ1) is 24.6. The van der Waals surface area contributed by atoms with E-state index in [9.17, 15) is 14.0 Å². The first-order chi connectivity index (χ1) is 16.6. The van der Waals surface area contributed by atoms with Crippen molar-refractivity contribution in [3.63, 3.8) is 0 Å².